The van der Waals surface area contributed by atoms with Gasteiger partial charge in [-0.05, 0) is 61.9 Å². The van der Waals surface area contributed by atoms with E-state index in [-0.39, 0.29) is 0 Å². The van der Waals surface area contributed by atoms with E-state index in [4.69, 9.17) is 0 Å². The van der Waals surface area contributed by atoms with Crippen molar-refractivity contribution in [1.82, 2.24) is 10.2 Å². The lowest BCUT2D eigenvalue weighted by Gasteiger charge is -2.23. The van der Waals surface area contributed by atoms with Gasteiger partial charge in [0.25, 0.3) is 0 Å². The minimum atomic E-state index is 0.520. The van der Waals surface area contributed by atoms with Gasteiger partial charge in [0, 0.05) is 25.8 Å². The molecular formula is C23H40N2. The Kier molecular flexibility index (Phi) is 12.7. The Labute approximate surface area is 157 Å². The average molecular weight is 345 g/mol. The van der Waals surface area contributed by atoms with Crippen molar-refractivity contribution < 1.29 is 0 Å². The van der Waals surface area contributed by atoms with Crippen LogP contribution in [-0.2, 0) is 0 Å². The second-order valence-electron chi connectivity index (χ2n) is 7.17. The van der Waals surface area contributed by atoms with Crippen molar-refractivity contribution in [2.24, 2.45) is 11.8 Å². The SMILES string of the molecule is C=C(C)N(C/C=C\C)CCC\C=C(/C=C(\C=C\NC)C(C)C)C(C)C. The van der Waals surface area contributed by atoms with Crippen molar-refractivity contribution in [3.05, 3.63) is 60.0 Å². The van der Waals surface area contributed by atoms with Crippen molar-refractivity contribution in [3.8, 4) is 0 Å². The van der Waals surface area contributed by atoms with E-state index in [0.29, 0.717) is 11.8 Å². The summed E-state index contributed by atoms with van der Waals surface area (Å²) in [7, 11) is 1.94. The molecule has 2 nitrogen and oxygen atoms in total. The van der Waals surface area contributed by atoms with E-state index in [9.17, 15) is 0 Å². The maximum absolute atomic E-state index is 4.09. The molecule has 0 unspecified atom stereocenters. The van der Waals surface area contributed by atoms with Gasteiger partial charge in [-0.3, -0.25) is 0 Å². The Morgan fingerprint density at radius 3 is 2.24 bits per heavy atom. The zero-order valence-corrected chi connectivity index (χ0v) is 17.6. The fraction of sp³-hybridized carbons (Fsp3) is 0.565. The summed E-state index contributed by atoms with van der Waals surface area (Å²) in [5.41, 5.74) is 3.94. The van der Waals surface area contributed by atoms with Gasteiger partial charge in [0.1, 0.15) is 0 Å². The van der Waals surface area contributed by atoms with Crippen LogP contribution in [0.3, 0.4) is 0 Å². The smallest absolute Gasteiger partial charge is 0.0356 e. The normalized spacial score (nSPS) is 13.5. The zero-order chi connectivity index (χ0) is 19.2. The summed E-state index contributed by atoms with van der Waals surface area (Å²) in [6.45, 7) is 19.3. The second-order valence-corrected chi connectivity index (χ2v) is 7.17. The third-order valence-corrected chi connectivity index (χ3v) is 4.22. The Bertz CT molecular complexity index is 490. The minimum absolute atomic E-state index is 0.520. The number of rotatable bonds is 12. The summed E-state index contributed by atoms with van der Waals surface area (Å²) in [5, 5.41) is 3.09. The Morgan fingerprint density at radius 2 is 1.76 bits per heavy atom. The lowest BCUT2D eigenvalue weighted by molar-refractivity contribution is 0.376. The molecule has 2 heteroatoms. The molecule has 0 saturated heterocycles. The number of nitrogens with one attached hydrogen (secondary N) is 1. The van der Waals surface area contributed by atoms with Crippen LogP contribution in [0.2, 0.25) is 0 Å². The van der Waals surface area contributed by atoms with E-state index in [0.717, 1.165) is 31.6 Å². The lowest BCUT2D eigenvalue weighted by Crippen LogP contribution is -2.22. The van der Waals surface area contributed by atoms with Crippen LogP contribution in [0.15, 0.2) is 60.0 Å². The molecule has 0 saturated carbocycles. The van der Waals surface area contributed by atoms with Crippen LogP contribution in [0.5, 0.6) is 0 Å². The molecule has 0 heterocycles. The van der Waals surface area contributed by atoms with Crippen LogP contribution in [0.1, 0.15) is 54.4 Å². The van der Waals surface area contributed by atoms with E-state index in [1.54, 1.807) is 0 Å². The highest BCUT2D eigenvalue weighted by atomic mass is 15.1. The van der Waals surface area contributed by atoms with Crippen molar-refractivity contribution in [2.45, 2.75) is 54.4 Å². The van der Waals surface area contributed by atoms with Gasteiger partial charge in [-0.1, -0.05) is 58.6 Å². The maximum Gasteiger partial charge on any atom is 0.0356 e. The summed E-state index contributed by atoms with van der Waals surface area (Å²) in [5.74, 6) is 1.06. The Balaban J connectivity index is 4.93. The van der Waals surface area contributed by atoms with Crippen molar-refractivity contribution >= 4 is 0 Å². The lowest BCUT2D eigenvalue weighted by atomic mass is 9.94. The highest BCUT2D eigenvalue weighted by Gasteiger charge is 2.06. The third-order valence-electron chi connectivity index (χ3n) is 4.22. The maximum atomic E-state index is 4.09. The van der Waals surface area contributed by atoms with Crippen LogP contribution in [0, 0.1) is 11.8 Å². The summed E-state index contributed by atoms with van der Waals surface area (Å²) in [6.07, 6.45) is 15.5. The summed E-state index contributed by atoms with van der Waals surface area (Å²) in [6, 6.07) is 0. The van der Waals surface area contributed by atoms with Gasteiger partial charge in [-0.2, -0.15) is 0 Å². The van der Waals surface area contributed by atoms with Gasteiger partial charge in [0.2, 0.25) is 0 Å². The molecule has 0 fully saturated rings. The molecule has 142 valence electrons. The number of allylic oxidation sites excluding steroid dienone is 7. The van der Waals surface area contributed by atoms with Gasteiger partial charge < -0.3 is 10.2 Å². The Morgan fingerprint density at radius 1 is 1.12 bits per heavy atom. The first kappa shape index (κ1) is 23.3. The highest BCUT2D eigenvalue weighted by Crippen LogP contribution is 2.20. The van der Waals surface area contributed by atoms with Crippen LogP contribution in [-0.4, -0.2) is 25.0 Å². The van der Waals surface area contributed by atoms with Gasteiger partial charge in [0.15, 0.2) is 0 Å². The molecular weight excluding hydrogens is 304 g/mol. The molecule has 0 spiro atoms. The van der Waals surface area contributed by atoms with Gasteiger partial charge in [-0.25, -0.2) is 0 Å². The molecule has 0 rings (SSSR count). The number of nitrogens with zero attached hydrogens (tertiary/aromatic N) is 1. The standard InChI is InChI=1S/C23H40N2/c1-9-10-16-25(21(6)7)17-12-11-13-22(19(2)3)18-23(20(4)5)14-15-24-8/h9-10,13-15,18-20,24H,6,11-12,16-17H2,1-5,7-8H3/b10-9-,15-14+,22-13+,23-18+. The van der Waals surface area contributed by atoms with Crippen molar-refractivity contribution in [3.63, 3.8) is 0 Å². The monoisotopic (exact) mass is 344 g/mol. The first-order valence-corrected chi connectivity index (χ1v) is 9.60. The summed E-state index contributed by atoms with van der Waals surface area (Å²) >= 11 is 0. The van der Waals surface area contributed by atoms with Crippen LogP contribution >= 0.6 is 0 Å². The second kappa shape index (κ2) is 13.6. The first-order valence-electron chi connectivity index (χ1n) is 9.60. The van der Waals surface area contributed by atoms with Crippen molar-refractivity contribution in [2.75, 3.05) is 20.1 Å². The molecule has 0 aliphatic rings. The van der Waals surface area contributed by atoms with Crippen molar-refractivity contribution in [1.29, 1.82) is 0 Å². The predicted octanol–water partition coefficient (Wildman–Crippen LogP) is 6.08. The molecule has 0 aromatic heterocycles. The molecule has 0 amide bonds. The molecule has 0 aliphatic carbocycles. The fourth-order valence-corrected chi connectivity index (χ4v) is 2.46. The van der Waals surface area contributed by atoms with E-state index < -0.39 is 0 Å². The summed E-state index contributed by atoms with van der Waals surface area (Å²) in [4.78, 5) is 2.34. The molecule has 1 N–H and O–H groups in total. The molecule has 0 aromatic carbocycles. The number of hydrogen-bond donors (Lipinski definition) is 1. The van der Waals surface area contributed by atoms with Gasteiger partial charge >= 0.3 is 0 Å². The largest absolute Gasteiger partial charge is 0.394 e. The highest BCUT2D eigenvalue weighted by molar-refractivity contribution is 5.32. The van der Waals surface area contributed by atoms with Crippen LogP contribution in [0.25, 0.3) is 0 Å². The minimum Gasteiger partial charge on any atom is -0.394 e. The average Bonchev–Trinajstić information content (AvgIpc) is 2.54. The Hall–Kier alpha value is -1.70. The van der Waals surface area contributed by atoms with Crippen LogP contribution in [0.4, 0.5) is 0 Å². The van der Waals surface area contributed by atoms with Gasteiger partial charge in [-0.15, -0.1) is 0 Å². The van der Waals surface area contributed by atoms with E-state index in [1.165, 1.54) is 11.1 Å². The van der Waals surface area contributed by atoms with E-state index in [1.807, 2.05) is 13.2 Å². The first-order chi connectivity index (χ1) is 11.8. The molecule has 0 aliphatic heterocycles. The van der Waals surface area contributed by atoms with E-state index in [2.05, 4.69) is 88.7 Å². The predicted molar refractivity (Wildman–Crippen MR) is 114 cm³/mol. The van der Waals surface area contributed by atoms with Gasteiger partial charge in [0.05, 0.1) is 0 Å². The van der Waals surface area contributed by atoms with E-state index >= 15 is 0 Å². The quantitative estimate of drug-likeness (QED) is 0.262. The summed E-state index contributed by atoms with van der Waals surface area (Å²) < 4.78 is 0. The fourth-order valence-electron chi connectivity index (χ4n) is 2.46. The number of hydrogen-bond acceptors (Lipinski definition) is 2. The molecule has 0 aromatic rings. The topological polar surface area (TPSA) is 15.3 Å². The third kappa shape index (κ3) is 10.7. The zero-order valence-electron chi connectivity index (χ0n) is 17.6. The molecule has 0 atom stereocenters. The molecule has 25 heavy (non-hydrogen) atoms. The van der Waals surface area contributed by atoms with Crippen LogP contribution < -0.4 is 5.32 Å². The molecule has 0 bridgehead atoms. The number of unbranched alkanes of at least 4 members (excludes halogenated alkanes) is 1. The molecule has 0 radical (unpaired) electrons.